The number of carboxylic acids is 1. The second-order valence-electron chi connectivity index (χ2n) is 4.11. The van der Waals surface area contributed by atoms with Crippen LogP contribution in [0.3, 0.4) is 0 Å². The molecule has 2 rings (SSSR count). The highest BCUT2D eigenvalue weighted by Crippen LogP contribution is 2.25. The molecule has 0 bridgehead atoms. The summed E-state index contributed by atoms with van der Waals surface area (Å²) in [6.07, 6.45) is 0.672. The van der Waals surface area contributed by atoms with Gasteiger partial charge in [-0.2, -0.15) is 0 Å². The predicted molar refractivity (Wildman–Crippen MR) is 71.1 cm³/mol. The third kappa shape index (κ3) is 2.80. The standard InChI is InChI=1S/C14H13NO5/c1-2-9-4-6-12(20-9)13(17)15-10-5-3-8(14(18)19)7-11(10)16/h3-7,16H,2H2,1H3,(H,15,17)(H,18,19). The van der Waals surface area contributed by atoms with Gasteiger partial charge in [0.2, 0.25) is 0 Å². The Morgan fingerprint density at radius 3 is 2.55 bits per heavy atom. The maximum absolute atomic E-state index is 11.9. The summed E-state index contributed by atoms with van der Waals surface area (Å²) in [5.41, 5.74) is 0.0567. The van der Waals surface area contributed by atoms with E-state index in [1.807, 2.05) is 6.92 Å². The number of nitrogens with one attached hydrogen (secondary N) is 1. The maximum atomic E-state index is 11.9. The highest BCUT2D eigenvalue weighted by molar-refractivity contribution is 6.03. The first-order chi connectivity index (χ1) is 9.51. The Bertz CT molecular complexity index is 659. The zero-order valence-electron chi connectivity index (χ0n) is 10.7. The summed E-state index contributed by atoms with van der Waals surface area (Å²) in [7, 11) is 0. The number of hydrogen-bond donors (Lipinski definition) is 3. The maximum Gasteiger partial charge on any atom is 0.335 e. The smallest absolute Gasteiger partial charge is 0.335 e. The van der Waals surface area contributed by atoms with Gasteiger partial charge in [0, 0.05) is 6.42 Å². The van der Waals surface area contributed by atoms with E-state index in [9.17, 15) is 14.7 Å². The quantitative estimate of drug-likeness (QED) is 0.744. The molecule has 1 amide bonds. The van der Waals surface area contributed by atoms with Crippen molar-refractivity contribution in [1.82, 2.24) is 0 Å². The van der Waals surface area contributed by atoms with Gasteiger partial charge >= 0.3 is 5.97 Å². The van der Waals surface area contributed by atoms with E-state index in [1.54, 1.807) is 6.07 Å². The van der Waals surface area contributed by atoms with Crippen LogP contribution in [0.4, 0.5) is 5.69 Å². The summed E-state index contributed by atoms with van der Waals surface area (Å²) in [6, 6.07) is 6.91. The van der Waals surface area contributed by atoms with Crippen LogP contribution in [-0.2, 0) is 6.42 Å². The van der Waals surface area contributed by atoms with E-state index in [1.165, 1.54) is 18.2 Å². The molecule has 0 radical (unpaired) electrons. The zero-order valence-corrected chi connectivity index (χ0v) is 10.7. The Labute approximate surface area is 114 Å². The molecule has 0 fully saturated rings. The van der Waals surface area contributed by atoms with Gasteiger partial charge in [0.1, 0.15) is 11.5 Å². The van der Waals surface area contributed by atoms with Gasteiger partial charge in [-0.25, -0.2) is 4.79 Å². The summed E-state index contributed by atoms with van der Waals surface area (Å²) in [6.45, 7) is 1.90. The van der Waals surface area contributed by atoms with Gasteiger partial charge in [-0.3, -0.25) is 4.79 Å². The van der Waals surface area contributed by atoms with Crippen LogP contribution in [0.1, 0.15) is 33.6 Å². The minimum atomic E-state index is -1.16. The lowest BCUT2D eigenvalue weighted by Gasteiger charge is -2.06. The number of hydrogen-bond acceptors (Lipinski definition) is 4. The second kappa shape index (κ2) is 5.48. The van der Waals surface area contributed by atoms with Crippen molar-refractivity contribution in [3.8, 4) is 5.75 Å². The van der Waals surface area contributed by atoms with Gasteiger partial charge in [-0.15, -0.1) is 0 Å². The fraction of sp³-hybridized carbons (Fsp3) is 0.143. The van der Waals surface area contributed by atoms with Crippen molar-refractivity contribution in [2.75, 3.05) is 5.32 Å². The molecule has 104 valence electrons. The Morgan fingerprint density at radius 2 is 2.00 bits per heavy atom. The van der Waals surface area contributed by atoms with Crippen molar-refractivity contribution in [3.05, 3.63) is 47.4 Å². The summed E-state index contributed by atoms with van der Waals surface area (Å²) in [4.78, 5) is 22.6. The van der Waals surface area contributed by atoms with Crippen LogP contribution in [0.25, 0.3) is 0 Å². The molecule has 0 atom stereocenters. The topological polar surface area (TPSA) is 99.8 Å². The molecule has 0 unspecified atom stereocenters. The molecular weight excluding hydrogens is 262 g/mol. The molecule has 0 aliphatic heterocycles. The number of carbonyl (C=O) groups is 2. The van der Waals surface area contributed by atoms with Gasteiger partial charge in [0.15, 0.2) is 5.76 Å². The molecule has 0 spiro atoms. The molecule has 0 aliphatic carbocycles. The molecule has 0 saturated carbocycles. The van der Waals surface area contributed by atoms with Crippen molar-refractivity contribution in [1.29, 1.82) is 0 Å². The number of aromatic hydroxyl groups is 1. The Balaban J connectivity index is 2.17. The lowest BCUT2D eigenvalue weighted by atomic mass is 10.2. The number of aromatic carboxylic acids is 1. The number of rotatable bonds is 4. The number of amides is 1. The van der Waals surface area contributed by atoms with Crippen molar-refractivity contribution in [3.63, 3.8) is 0 Å². The van der Waals surface area contributed by atoms with E-state index in [-0.39, 0.29) is 22.8 Å². The Hall–Kier alpha value is -2.76. The first kappa shape index (κ1) is 13.7. The molecule has 3 N–H and O–H groups in total. The monoisotopic (exact) mass is 275 g/mol. The first-order valence-electron chi connectivity index (χ1n) is 5.97. The lowest BCUT2D eigenvalue weighted by Crippen LogP contribution is -2.11. The van der Waals surface area contributed by atoms with E-state index in [0.717, 1.165) is 6.07 Å². The lowest BCUT2D eigenvalue weighted by molar-refractivity contribution is 0.0696. The molecular formula is C14H13NO5. The van der Waals surface area contributed by atoms with Crippen LogP contribution >= 0.6 is 0 Å². The number of furan rings is 1. The normalized spacial score (nSPS) is 10.2. The van der Waals surface area contributed by atoms with Crippen molar-refractivity contribution in [2.45, 2.75) is 13.3 Å². The zero-order chi connectivity index (χ0) is 14.7. The number of anilines is 1. The number of carboxylic acid groups (broad SMARTS) is 1. The Kier molecular flexibility index (Phi) is 3.74. The molecule has 0 aliphatic rings. The molecule has 6 heteroatoms. The Morgan fingerprint density at radius 1 is 1.25 bits per heavy atom. The van der Waals surface area contributed by atoms with Crippen molar-refractivity contribution >= 4 is 17.6 Å². The largest absolute Gasteiger partial charge is 0.506 e. The highest BCUT2D eigenvalue weighted by atomic mass is 16.4. The molecule has 2 aromatic rings. The minimum absolute atomic E-state index is 0.0632. The number of phenolic OH excluding ortho intramolecular Hbond substituents is 1. The van der Waals surface area contributed by atoms with Gasteiger partial charge in [0.05, 0.1) is 11.3 Å². The fourth-order valence-corrected chi connectivity index (χ4v) is 1.64. The molecule has 0 saturated heterocycles. The van der Waals surface area contributed by atoms with Gasteiger partial charge < -0.3 is 19.9 Å². The molecule has 1 heterocycles. The van der Waals surface area contributed by atoms with Crippen LogP contribution in [0, 0.1) is 0 Å². The summed E-state index contributed by atoms with van der Waals surface area (Å²) in [5, 5.41) is 20.9. The van der Waals surface area contributed by atoms with Gasteiger partial charge in [-0.05, 0) is 30.3 Å². The summed E-state index contributed by atoms with van der Waals surface area (Å²) < 4.78 is 5.28. The van der Waals surface area contributed by atoms with Crippen LogP contribution in [0.5, 0.6) is 5.75 Å². The average Bonchev–Trinajstić information content (AvgIpc) is 2.89. The summed E-state index contributed by atoms with van der Waals surface area (Å²) in [5.74, 6) is -1.18. The third-order valence-electron chi connectivity index (χ3n) is 2.73. The van der Waals surface area contributed by atoms with Gasteiger partial charge in [0.25, 0.3) is 5.91 Å². The number of benzene rings is 1. The fourth-order valence-electron chi connectivity index (χ4n) is 1.64. The van der Waals surface area contributed by atoms with Crippen LogP contribution in [0.15, 0.2) is 34.7 Å². The van der Waals surface area contributed by atoms with E-state index in [2.05, 4.69) is 5.32 Å². The highest BCUT2D eigenvalue weighted by Gasteiger charge is 2.14. The third-order valence-corrected chi connectivity index (χ3v) is 2.73. The molecule has 6 nitrogen and oxygen atoms in total. The van der Waals surface area contributed by atoms with Crippen LogP contribution < -0.4 is 5.32 Å². The number of aryl methyl sites for hydroxylation is 1. The molecule has 20 heavy (non-hydrogen) atoms. The molecule has 1 aromatic heterocycles. The van der Waals surface area contributed by atoms with E-state index < -0.39 is 11.9 Å². The van der Waals surface area contributed by atoms with Crippen molar-refractivity contribution < 1.29 is 24.2 Å². The van der Waals surface area contributed by atoms with Crippen molar-refractivity contribution in [2.24, 2.45) is 0 Å². The van der Waals surface area contributed by atoms with E-state index in [4.69, 9.17) is 9.52 Å². The van der Waals surface area contributed by atoms with E-state index in [0.29, 0.717) is 12.2 Å². The second-order valence-corrected chi connectivity index (χ2v) is 4.11. The SMILES string of the molecule is CCc1ccc(C(=O)Nc2ccc(C(=O)O)cc2O)o1. The minimum Gasteiger partial charge on any atom is -0.506 e. The average molecular weight is 275 g/mol. The molecule has 1 aromatic carbocycles. The number of phenols is 1. The predicted octanol–water partition coefficient (Wildman–Crippen LogP) is 2.50. The van der Waals surface area contributed by atoms with Crippen LogP contribution in [-0.4, -0.2) is 22.1 Å². The van der Waals surface area contributed by atoms with E-state index >= 15 is 0 Å². The van der Waals surface area contributed by atoms with Gasteiger partial charge in [-0.1, -0.05) is 6.92 Å². The van der Waals surface area contributed by atoms with Crippen LogP contribution in [0.2, 0.25) is 0 Å². The first-order valence-corrected chi connectivity index (χ1v) is 5.97. The summed E-state index contributed by atoms with van der Waals surface area (Å²) >= 11 is 0. The number of carbonyl (C=O) groups excluding carboxylic acids is 1.